The number of hydrogen-bond acceptors (Lipinski definition) is 2. The quantitative estimate of drug-likeness (QED) is 0.643. The Bertz CT molecular complexity index is 531. The molecule has 0 aliphatic heterocycles. The van der Waals surface area contributed by atoms with E-state index < -0.39 is 0 Å². The number of rotatable bonds is 4. The van der Waals surface area contributed by atoms with Crippen molar-refractivity contribution in [2.24, 2.45) is 0 Å². The van der Waals surface area contributed by atoms with E-state index >= 15 is 0 Å². The molecule has 19 heavy (non-hydrogen) atoms. The van der Waals surface area contributed by atoms with E-state index in [1.807, 2.05) is 13.0 Å². The summed E-state index contributed by atoms with van der Waals surface area (Å²) in [6.45, 7) is 3.68. The number of benzene rings is 1. The first-order valence-electron chi connectivity index (χ1n) is 6.02. The Kier molecular flexibility index (Phi) is 5.54. The van der Waals surface area contributed by atoms with Gasteiger partial charge in [-0.1, -0.05) is 24.3 Å². The summed E-state index contributed by atoms with van der Waals surface area (Å²) in [6.07, 6.45) is 6.70. The smallest absolute Gasteiger partial charge is 0.251 e. The molecule has 0 aliphatic rings. The van der Waals surface area contributed by atoms with E-state index in [4.69, 9.17) is 0 Å². The molecular weight excluding hydrogens is 240 g/mol. The third-order valence-electron chi connectivity index (χ3n) is 2.61. The van der Waals surface area contributed by atoms with Gasteiger partial charge in [-0.3, -0.25) is 9.59 Å². The molecular formula is C15H18N2O2. The number of carbonyl (C=O) groups excluding carboxylic acids is 2. The molecule has 0 unspecified atom stereocenters. The van der Waals surface area contributed by atoms with Crippen molar-refractivity contribution in [1.29, 1.82) is 0 Å². The average Bonchev–Trinajstić information content (AvgIpc) is 2.40. The second kappa shape index (κ2) is 7.16. The second-order valence-corrected chi connectivity index (χ2v) is 3.93. The summed E-state index contributed by atoms with van der Waals surface area (Å²) >= 11 is 0. The summed E-state index contributed by atoms with van der Waals surface area (Å²) < 4.78 is 0. The SMILES string of the molecule is CC=CC=CC(=O)Nc1cccc(C(=O)NC)c1C. The third kappa shape index (κ3) is 4.10. The Morgan fingerprint density at radius 3 is 2.58 bits per heavy atom. The summed E-state index contributed by atoms with van der Waals surface area (Å²) in [7, 11) is 1.58. The lowest BCUT2D eigenvalue weighted by Gasteiger charge is -2.10. The first kappa shape index (κ1) is 14.7. The number of anilines is 1. The summed E-state index contributed by atoms with van der Waals surface area (Å²) in [5, 5.41) is 5.32. The fourth-order valence-corrected chi connectivity index (χ4v) is 1.58. The zero-order valence-electron chi connectivity index (χ0n) is 11.4. The van der Waals surface area contributed by atoms with Crippen molar-refractivity contribution in [3.05, 3.63) is 53.6 Å². The molecule has 4 nitrogen and oxygen atoms in total. The molecule has 0 aromatic heterocycles. The minimum Gasteiger partial charge on any atom is -0.355 e. The van der Waals surface area contributed by atoms with Crippen LogP contribution in [0.15, 0.2) is 42.5 Å². The first-order valence-corrected chi connectivity index (χ1v) is 6.02. The van der Waals surface area contributed by atoms with Crippen LogP contribution < -0.4 is 10.6 Å². The Morgan fingerprint density at radius 1 is 1.21 bits per heavy atom. The van der Waals surface area contributed by atoms with Gasteiger partial charge < -0.3 is 10.6 Å². The van der Waals surface area contributed by atoms with Gasteiger partial charge in [-0.25, -0.2) is 0 Å². The highest BCUT2D eigenvalue weighted by molar-refractivity contribution is 6.02. The third-order valence-corrected chi connectivity index (χ3v) is 2.61. The molecule has 0 aliphatic carbocycles. The van der Waals surface area contributed by atoms with Gasteiger partial charge in [0.25, 0.3) is 5.91 Å². The van der Waals surface area contributed by atoms with Crippen molar-refractivity contribution >= 4 is 17.5 Å². The highest BCUT2D eigenvalue weighted by atomic mass is 16.2. The topological polar surface area (TPSA) is 58.2 Å². The zero-order valence-corrected chi connectivity index (χ0v) is 11.4. The number of carbonyl (C=O) groups is 2. The molecule has 2 N–H and O–H groups in total. The molecule has 0 bridgehead atoms. The van der Waals surface area contributed by atoms with Crippen LogP contribution >= 0.6 is 0 Å². The lowest BCUT2D eigenvalue weighted by Crippen LogP contribution is -2.20. The standard InChI is InChI=1S/C15H18N2O2/c1-4-5-6-10-14(18)17-13-9-7-8-12(11(13)2)15(19)16-3/h4-10H,1-3H3,(H,16,19)(H,17,18). The minimum absolute atomic E-state index is 0.168. The monoisotopic (exact) mass is 258 g/mol. The lowest BCUT2D eigenvalue weighted by atomic mass is 10.1. The molecule has 0 saturated carbocycles. The fraction of sp³-hybridized carbons (Fsp3) is 0.200. The normalized spacial score (nSPS) is 10.9. The maximum atomic E-state index is 11.7. The molecule has 0 fully saturated rings. The Balaban J connectivity index is 2.90. The molecule has 0 saturated heterocycles. The molecule has 100 valence electrons. The molecule has 1 rings (SSSR count). The molecule has 4 heteroatoms. The van der Waals surface area contributed by atoms with Crippen LogP contribution in [0.3, 0.4) is 0 Å². The van der Waals surface area contributed by atoms with Gasteiger partial charge in [0, 0.05) is 24.4 Å². The van der Waals surface area contributed by atoms with Crippen molar-refractivity contribution in [2.45, 2.75) is 13.8 Å². The van der Waals surface area contributed by atoms with Gasteiger partial charge >= 0.3 is 0 Å². The van der Waals surface area contributed by atoms with Crippen LogP contribution in [0.5, 0.6) is 0 Å². The molecule has 0 heterocycles. The van der Waals surface area contributed by atoms with Gasteiger partial charge in [-0.05, 0) is 31.5 Å². The highest BCUT2D eigenvalue weighted by Gasteiger charge is 2.10. The molecule has 0 spiro atoms. The summed E-state index contributed by atoms with van der Waals surface area (Å²) in [5.74, 6) is -0.395. The maximum Gasteiger partial charge on any atom is 0.251 e. The molecule has 1 aromatic carbocycles. The largest absolute Gasteiger partial charge is 0.355 e. The number of allylic oxidation sites excluding steroid dienone is 3. The van der Waals surface area contributed by atoms with Crippen LogP contribution in [-0.4, -0.2) is 18.9 Å². The van der Waals surface area contributed by atoms with Gasteiger partial charge in [-0.2, -0.15) is 0 Å². The van der Waals surface area contributed by atoms with Gasteiger partial charge in [-0.15, -0.1) is 0 Å². The van der Waals surface area contributed by atoms with Crippen LogP contribution in [0.2, 0.25) is 0 Å². The Morgan fingerprint density at radius 2 is 1.95 bits per heavy atom. The fourth-order valence-electron chi connectivity index (χ4n) is 1.58. The van der Waals surface area contributed by atoms with Crippen LogP contribution in [-0.2, 0) is 4.79 Å². The van der Waals surface area contributed by atoms with E-state index in [1.165, 1.54) is 6.08 Å². The molecule has 0 atom stereocenters. The predicted octanol–water partition coefficient (Wildman–Crippen LogP) is 2.43. The van der Waals surface area contributed by atoms with Crippen molar-refractivity contribution in [1.82, 2.24) is 5.32 Å². The molecule has 2 amide bonds. The lowest BCUT2D eigenvalue weighted by molar-refractivity contribution is -0.111. The van der Waals surface area contributed by atoms with Crippen LogP contribution in [0.4, 0.5) is 5.69 Å². The van der Waals surface area contributed by atoms with E-state index in [9.17, 15) is 9.59 Å². The van der Waals surface area contributed by atoms with Crippen LogP contribution in [0.1, 0.15) is 22.8 Å². The van der Waals surface area contributed by atoms with Crippen molar-refractivity contribution in [3.63, 3.8) is 0 Å². The van der Waals surface area contributed by atoms with E-state index in [0.29, 0.717) is 11.3 Å². The second-order valence-electron chi connectivity index (χ2n) is 3.93. The van der Waals surface area contributed by atoms with Crippen LogP contribution in [0, 0.1) is 6.92 Å². The van der Waals surface area contributed by atoms with Gasteiger partial charge in [0.05, 0.1) is 0 Å². The van der Waals surface area contributed by atoms with Gasteiger partial charge in [0.1, 0.15) is 0 Å². The Labute approximate surface area is 113 Å². The number of amides is 2. The summed E-state index contributed by atoms with van der Waals surface area (Å²) in [6, 6.07) is 5.23. The van der Waals surface area contributed by atoms with Crippen LogP contribution in [0.25, 0.3) is 0 Å². The average molecular weight is 258 g/mol. The molecule has 0 radical (unpaired) electrons. The van der Waals surface area contributed by atoms with E-state index in [-0.39, 0.29) is 11.8 Å². The van der Waals surface area contributed by atoms with Crippen molar-refractivity contribution in [3.8, 4) is 0 Å². The minimum atomic E-state index is -0.227. The van der Waals surface area contributed by atoms with E-state index in [2.05, 4.69) is 10.6 Å². The van der Waals surface area contributed by atoms with E-state index in [1.54, 1.807) is 44.3 Å². The van der Waals surface area contributed by atoms with Gasteiger partial charge in [0.15, 0.2) is 0 Å². The summed E-state index contributed by atoms with van der Waals surface area (Å²) in [5.41, 5.74) is 1.93. The number of hydrogen-bond donors (Lipinski definition) is 2. The Hall–Kier alpha value is -2.36. The molecule has 1 aromatic rings. The van der Waals surface area contributed by atoms with E-state index in [0.717, 1.165) is 5.56 Å². The van der Waals surface area contributed by atoms with Crippen molar-refractivity contribution in [2.75, 3.05) is 12.4 Å². The van der Waals surface area contributed by atoms with Gasteiger partial charge in [0.2, 0.25) is 5.91 Å². The van der Waals surface area contributed by atoms with Crippen molar-refractivity contribution < 1.29 is 9.59 Å². The summed E-state index contributed by atoms with van der Waals surface area (Å²) in [4.78, 5) is 23.3. The maximum absolute atomic E-state index is 11.7. The predicted molar refractivity (Wildman–Crippen MR) is 77.2 cm³/mol. The first-order chi connectivity index (χ1) is 9.10. The number of nitrogens with one attached hydrogen (secondary N) is 2. The zero-order chi connectivity index (χ0) is 14.3. The highest BCUT2D eigenvalue weighted by Crippen LogP contribution is 2.18.